The average Bonchev–Trinajstić information content (AvgIpc) is 2.89. The number of rotatable bonds is 10. The van der Waals surface area contributed by atoms with Gasteiger partial charge in [-0.1, -0.05) is 96.0 Å². The van der Waals surface area contributed by atoms with E-state index in [-0.39, 0.29) is 50.6 Å². The summed E-state index contributed by atoms with van der Waals surface area (Å²) < 4.78 is 11.2. The molecule has 0 spiro atoms. The molecule has 196 valence electrons. The number of carboxylic acid groups (broad SMARTS) is 2. The van der Waals surface area contributed by atoms with E-state index in [1.807, 2.05) is 60.7 Å². The first-order valence-electron chi connectivity index (χ1n) is 11.6. The van der Waals surface area contributed by atoms with Crippen LogP contribution in [0, 0.1) is 0 Å². The van der Waals surface area contributed by atoms with Crippen molar-refractivity contribution in [1.82, 2.24) is 0 Å². The number of hydrogen-bond acceptors (Lipinski definition) is 6. The standard InChI is InChI=1S/2C15H13ClO3.Ca/c2*16-13-8-12(9-15(17)18)6-7-14(13)19-10-11-4-2-1-3-5-11;/h2*1-8H,9-10H2,(H,17,18);/q;;+2/p-2. The zero-order valence-corrected chi connectivity index (χ0v) is 24.7. The van der Waals surface area contributed by atoms with Crippen molar-refractivity contribution >= 4 is 72.9 Å². The molecule has 4 aromatic carbocycles. The predicted octanol–water partition coefficient (Wildman–Crippen LogP) is 4.04. The first-order chi connectivity index (χ1) is 18.3. The first-order valence-corrected chi connectivity index (χ1v) is 12.4. The van der Waals surface area contributed by atoms with Gasteiger partial charge in [0, 0.05) is 24.8 Å². The third-order valence-corrected chi connectivity index (χ3v) is 5.75. The third kappa shape index (κ3) is 11.9. The average molecular weight is 592 g/mol. The second kappa shape index (κ2) is 17.1. The summed E-state index contributed by atoms with van der Waals surface area (Å²) in [6, 6.07) is 29.3. The molecule has 0 unspecified atom stereocenters. The van der Waals surface area contributed by atoms with Crippen LogP contribution in [-0.4, -0.2) is 49.7 Å². The van der Waals surface area contributed by atoms with E-state index in [1.54, 1.807) is 36.4 Å². The summed E-state index contributed by atoms with van der Waals surface area (Å²) in [6.45, 7) is 0.834. The Labute approximate surface area is 267 Å². The Balaban J connectivity index is 0.000000267. The van der Waals surface area contributed by atoms with Gasteiger partial charge in [0.05, 0.1) is 10.0 Å². The van der Waals surface area contributed by atoms with Crippen LogP contribution in [0.15, 0.2) is 97.1 Å². The van der Waals surface area contributed by atoms with Gasteiger partial charge in [0.15, 0.2) is 0 Å². The summed E-state index contributed by atoms with van der Waals surface area (Å²) in [4.78, 5) is 21.0. The Morgan fingerprint density at radius 1 is 0.564 bits per heavy atom. The molecule has 0 saturated heterocycles. The van der Waals surface area contributed by atoms with Crippen molar-refractivity contribution in [1.29, 1.82) is 0 Å². The van der Waals surface area contributed by atoms with Crippen molar-refractivity contribution < 1.29 is 29.3 Å². The number of carbonyl (C=O) groups is 2. The Morgan fingerprint density at radius 2 is 0.923 bits per heavy atom. The molecule has 0 heterocycles. The van der Waals surface area contributed by atoms with Crippen molar-refractivity contribution in [3.8, 4) is 11.5 Å². The van der Waals surface area contributed by atoms with Gasteiger partial charge in [-0.15, -0.1) is 0 Å². The second-order valence-electron chi connectivity index (χ2n) is 8.18. The summed E-state index contributed by atoms with van der Waals surface area (Å²) in [5, 5.41) is 21.8. The smallest absolute Gasteiger partial charge is 0.550 e. The van der Waals surface area contributed by atoms with Gasteiger partial charge in [-0.05, 0) is 46.5 Å². The molecule has 0 radical (unpaired) electrons. The molecule has 4 aromatic rings. The van der Waals surface area contributed by atoms with E-state index in [0.29, 0.717) is 45.9 Å². The van der Waals surface area contributed by atoms with Crippen LogP contribution in [0.25, 0.3) is 0 Å². The molecule has 4 rings (SSSR count). The normalized spacial score (nSPS) is 9.90. The van der Waals surface area contributed by atoms with Gasteiger partial charge in [0.25, 0.3) is 0 Å². The van der Waals surface area contributed by atoms with Crippen LogP contribution in [0.1, 0.15) is 22.3 Å². The van der Waals surface area contributed by atoms with E-state index in [0.717, 1.165) is 11.1 Å². The Hall–Kier alpha value is -2.74. The van der Waals surface area contributed by atoms with E-state index in [4.69, 9.17) is 32.7 Å². The van der Waals surface area contributed by atoms with Crippen LogP contribution in [0.2, 0.25) is 10.0 Å². The van der Waals surface area contributed by atoms with Crippen LogP contribution in [-0.2, 0) is 35.6 Å². The number of halogens is 2. The topological polar surface area (TPSA) is 98.7 Å². The van der Waals surface area contributed by atoms with Crippen LogP contribution in [0.4, 0.5) is 0 Å². The summed E-state index contributed by atoms with van der Waals surface area (Å²) in [6.07, 6.45) is -0.308. The first kappa shape index (κ1) is 32.5. The van der Waals surface area contributed by atoms with Crippen LogP contribution >= 0.6 is 23.2 Å². The van der Waals surface area contributed by atoms with Crippen LogP contribution in [0.5, 0.6) is 11.5 Å². The quantitative estimate of drug-likeness (QED) is 0.258. The summed E-state index contributed by atoms with van der Waals surface area (Å²) in [7, 11) is 0. The number of hydrogen-bond donors (Lipinski definition) is 0. The Bertz CT molecular complexity index is 1250. The molecule has 0 atom stereocenters. The van der Waals surface area contributed by atoms with Crippen molar-refractivity contribution in [2.75, 3.05) is 0 Å². The molecule has 0 aromatic heterocycles. The molecule has 0 amide bonds. The minimum atomic E-state index is -1.13. The van der Waals surface area contributed by atoms with Crippen molar-refractivity contribution in [2.45, 2.75) is 26.1 Å². The van der Waals surface area contributed by atoms with Gasteiger partial charge in [-0.25, -0.2) is 0 Å². The fourth-order valence-electron chi connectivity index (χ4n) is 3.35. The summed E-state index contributed by atoms with van der Waals surface area (Å²) in [5.74, 6) is -1.19. The Kier molecular flexibility index (Phi) is 14.2. The van der Waals surface area contributed by atoms with Crippen LogP contribution < -0.4 is 19.7 Å². The SMILES string of the molecule is O=C([O-])Cc1ccc(OCc2ccccc2)c(Cl)c1.O=C([O-])Cc1ccc(OCc2ccccc2)c(Cl)c1.[Ca+2]. The van der Waals surface area contributed by atoms with E-state index in [9.17, 15) is 19.8 Å². The number of carboxylic acids is 2. The van der Waals surface area contributed by atoms with Crippen LogP contribution in [0.3, 0.4) is 0 Å². The molecule has 0 bridgehead atoms. The largest absolute Gasteiger partial charge is 2.00 e. The van der Waals surface area contributed by atoms with Gasteiger partial charge < -0.3 is 29.3 Å². The molecule has 6 nitrogen and oxygen atoms in total. The molecule has 0 saturated carbocycles. The van der Waals surface area contributed by atoms with Gasteiger partial charge >= 0.3 is 37.7 Å². The molecule has 0 aliphatic carbocycles. The molecule has 0 fully saturated rings. The molecule has 0 N–H and O–H groups in total. The van der Waals surface area contributed by atoms with Crippen molar-refractivity contribution in [3.05, 3.63) is 129 Å². The maximum atomic E-state index is 10.5. The fraction of sp³-hybridized carbons (Fsp3) is 0.133. The molecule has 9 heteroatoms. The van der Waals surface area contributed by atoms with Gasteiger partial charge in [-0.3, -0.25) is 0 Å². The van der Waals surface area contributed by atoms with Gasteiger partial charge in [0.2, 0.25) is 0 Å². The molecule has 0 aliphatic rings. The number of aliphatic carboxylic acids is 2. The van der Waals surface area contributed by atoms with Crippen molar-refractivity contribution in [2.24, 2.45) is 0 Å². The van der Waals surface area contributed by atoms with Crippen molar-refractivity contribution in [3.63, 3.8) is 0 Å². The zero-order valence-electron chi connectivity index (χ0n) is 21.0. The monoisotopic (exact) mass is 590 g/mol. The summed E-state index contributed by atoms with van der Waals surface area (Å²) >= 11 is 12.1. The third-order valence-electron chi connectivity index (χ3n) is 5.16. The molecular weight excluding hydrogens is 567 g/mol. The predicted molar refractivity (Wildman–Crippen MR) is 148 cm³/mol. The van der Waals surface area contributed by atoms with E-state index >= 15 is 0 Å². The van der Waals surface area contributed by atoms with E-state index < -0.39 is 11.9 Å². The zero-order chi connectivity index (χ0) is 27.3. The molecule has 39 heavy (non-hydrogen) atoms. The van der Waals surface area contributed by atoms with E-state index in [1.165, 1.54) is 0 Å². The molecular formula is C30H24CaCl2O6. The maximum absolute atomic E-state index is 10.5. The number of benzene rings is 4. The maximum Gasteiger partial charge on any atom is 2.00 e. The van der Waals surface area contributed by atoms with Gasteiger partial charge in [-0.2, -0.15) is 0 Å². The van der Waals surface area contributed by atoms with E-state index in [2.05, 4.69) is 0 Å². The fourth-order valence-corrected chi connectivity index (χ4v) is 3.86. The number of ether oxygens (including phenoxy) is 2. The summed E-state index contributed by atoms with van der Waals surface area (Å²) in [5.41, 5.74) is 3.27. The van der Waals surface area contributed by atoms with Gasteiger partial charge in [0.1, 0.15) is 24.7 Å². The second-order valence-corrected chi connectivity index (χ2v) is 8.99. The number of carbonyl (C=O) groups excluding carboxylic acids is 2. The molecule has 0 aliphatic heterocycles. The minimum absolute atomic E-state index is 0. The Morgan fingerprint density at radius 3 is 1.23 bits per heavy atom. The minimum Gasteiger partial charge on any atom is -0.550 e.